The van der Waals surface area contributed by atoms with Crippen molar-refractivity contribution in [2.24, 2.45) is 0 Å². The fourth-order valence-corrected chi connectivity index (χ4v) is 5.45. The molecular weight excluding hydrogens is 394 g/mol. The minimum absolute atomic E-state index is 0.0158. The molecule has 1 fully saturated rings. The lowest BCUT2D eigenvalue weighted by atomic mass is 9.98. The molecule has 154 valence electrons. The molecule has 1 aliphatic heterocycles. The van der Waals surface area contributed by atoms with Crippen LogP contribution in [0, 0.1) is 13.8 Å². The maximum absolute atomic E-state index is 11.0. The number of nitrogens with zero attached hydrogens (tertiary/aromatic N) is 5. The molecule has 2 aromatic carbocycles. The molecule has 1 aliphatic rings. The van der Waals surface area contributed by atoms with Gasteiger partial charge in [-0.1, -0.05) is 53.8 Å². The van der Waals surface area contributed by atoms with E-state index in [0.29, 0.717) is 5.82 Å². The number of fused-ring (bicyclic) bond motifs is 1. The number of aromatic hydroxyl groups is 1. The van der Waals surface area contributed by atoms with E-state index in [4.69, 9.17) is 0 Å². The Morgan fingerprint density at radius 3 is 2.33 bits per heavy atom. The lowest BCUT2D eigenvalue weighted by Crippen LogP contribution is -2.48. The van der Waals surface area contributed by atoms with Crippen LogP contribution in [0.15, 0.2) is 54.6 Å². The topological polar surface area (TPSA) is 56.9 Å². The number of thiazole rings is 1. The minimum atomic E-state index is -0.0158. The Bertz CT molecular complexity index is 1160. The van der Waals surface area contributed by atoms with Crippen LogP contribution in [0.3, 0.4) is 0 Å². The van der Waals surface area contributed by atoms with Crippen LogP contribution in [0.5, 0.6) is 5.88 Å². The monoisotopic (exact) mass is 419 g/mol. The van der Waals surface area contributed by atoms with E-state index in [1.807, 2.05) is 6.92 Å². The van der Waals surface area contributed by atoms with Gasteiger partial charge in [0.15, 0.2) is 0 Å². The molecule has 1 atom stereocenters. The molecule has 0 unspecified atom stereocenters. The molecule has 0 radical (unpaired) electrons. The molecule has 7 heteroatoms. The molecule has 0 amide bonds. The molecule has 4 aromatic rings. The first-order valence-electron chi connectivity index (χ1n) is 10.3. The molecule has 5 rings (SSSR count). The van der Waals surface area contributed by atoms with Crippen molar-refractivity contribution >= 4 is 22.0 Å². The van der Waals surface area contributed by atoms with Gasteiger partial charge in [0.05, 0.1) is 10.9 Å². The molecule has 0 bridgehead atoms. The smallest absolute Gasteiger partial charge is 0.230 e. The molecule has 1 saturated heterocycles. The number of hydrogen-bond donors (Lipinski definition) is 1. The number of aromatic nitrogens is 3. The third kappa shape index (κ3) is 3.34. The molecule has 0 saturated carbocycles. The van der Waals surface area contributed by atoms with Crippen molar-refractivity contribution in [1.29, 1.82) is 0 Å². The highest BCUT2D eigenvalue weighted by atomic mass is 32.1. The van der Waals surface area contributed by atoms with E-state index >= 15 is 0 Å². The van der Waals surface area contributed by atoms with E-state index < -0.39 is 0 Å². The van der Waals surface area contributed by atoms with Gasteiger partial charge in [-0.25, -0.2) is 4.98 Å². The van der Waals surface area contributed by atoms with Crippen LogP contribution < -0.4 is 4.90 Å². The third-order valence-electron chi connectivity index (χ3n) is 5.84. The van der Waals surface area contributed by atoms with Gasteiger partial charge in [-0.3, -0.25) is 4.90 Å². The third-order valence-corrected chi connectivity index (χ3v) is 6.91. The van der Waals surface area contributed by atoms with Crippen molar-refractivity contribution in [2.45, 2.75) is 19.9 Å². The summed E-state index contributed by atoms with van der Waals surface area (Å²) in [7, 11) is 0. The second-order valence-corrected chi connectivity index (χ2v) is 8.77. The van der Waals surface area contributed by atoms with E-state index in [0.717, 1.165) is 36.0 Å². The van der Waals surface area contributed by atoms with Gasteiger partial charge in [-0.05, 0) is 37.1 Å². The van der Waals surface area contributed by atoms with Crippen LogP contribution in [0.25, 0.3) is 4.96 Å². The maximum atomic E-state index is 11.0. The number of hydrogen-bond acceptors (Lipinski definition) is 6. The zero-order valence-corrected chi connectivity index (χ0v) is 18.0. The number of benzene rings is 2. The highest BCUT2D eigenvalue weighted by Crippen LogP contribution is 2.41. The highest BCUT2D eigenvalue weighted by molar-refractivity contribution is 7.17. The van der Waals surface area contributed by atoms with Gasteiger partial charge in [-0.15, -0.1) is 5.10 Å². The SMILES string of the molecule is Cc1nc2sc([C@@H](c3ccccc3C)N3CCN(c4ccccc4)CC3)c(O)n2n1. The summed E-state index contributed by atoms with van der Waals surface area (Å²) in [5.41, 5.74) is 3.71. The summed E-state index contributed by atoms with van der Waals surface area (Å²) in [6.07, 6.45) is 0. The summed E-state index contributed by atoms with van der Waals surface area (Å²) in [6, 6.07) is 19.0. The molecule has 0 aliphatic carbocycles. The van der Waals surface area contributed by atoms with Crippen molar-refractivity contribution in [2.75, 3.05) is 31.1 Å². The second-order valence-electron chi connectivity index (χ2n) is 7.76. The predicted octanol–water partition coefficient (Wildman–Crippen LogP) is 4.02. The van der Waals surface area contributed by atoms with Crippen molar-refractivity contribution in [3.63, 3.8) is 0 Å². The van der Waals surface area contributed by atoms with Crippen LogP contribution in [0.2, 0.25) is 0 Å². The van der Waals surface area contributed by atoms with Gasteiger partial charge in [0, 0.05) is 31.9 Å². The van der Waals surface area contributed by atoms with Gasteiger partial charge in [0.25, 0.3) is 0 Å². The minimum Gasteiger partial charge on any atom is -0.492 e. The van der Waals surface area contributed by atoms with Gasteiger partial charge < -0.3 is 10.0 Å². The Hall–Kier alpha value is -2.90. The summed E-state index contributed by atoms with van der Waals surface area (Å²) in [5, 5.41) is 15.4. The zero-order valence-electron chi connectivity index (χ0n) is 17.2. The normalized spacial score (nSPS) is 16.3. The maximum Gasteiger partial charge on any atom is 0.230 e. The van der Waals surface area contributed by atoms with Gasteiger partial charge >= 0.3 is 0 Å². The van der Waals surface area contributed by atoms with Crippen molar-refractivity contribution < 1.29 is 5.11 Å². The van der Waals surface area contributed by atoms with Gasteiger partial charge in [-0.2, -0.15) is 4.52 Å². The van der Waals surface area contributed by atoms with Crippen LogP contribution in [0.1, 0.15) is 27.9 Å². The fraction of sp³-hybridized carbons (Fsp3) is 0.304. The standard InChI is InChI=1S/C23H25N5OS/c1-16-8-6-7-11-19(16)20(21-22(29)28-23(30-21)24-17(2)25-28)27-14-12-26(13-15-27)18-9-4-3-5-10-18/h3-11,20,29H,12-15H2,1-2H3/t20-/m1/s1. The van der Waals surface area contributed by atoms with E-state index in [-0.39, 0.29) is 11.9 Å². The second kappa shape index (κ2) is 7.74. The molecule has 30 heavy (non-hydrogen) atoms. The number of para-hydroxylation sites is 1. The van der Waals surface area contributed by atoms with E-state index in [1.54, 1.807) is 4.52 Å². The highest BCUT2D eigenvalue weighted by Gasteiger charge is 2.32. The zero-order chi connectivity index (χ0) is 20.7. The molecular formula is C23H25N5OS. The van der Waals surface area contributed by atoms with Crippen molar-refractivity contribution in [1.82, 2.24) is 19.5 Å². The molecule has 6 nitrogen and oxygen atoms in total. The Labute approximate surface area is 180 Å². The summed E-state index contributed by atoms with van der Waals surface area (Å²) in [6.45, 7) is 7.72. The quantitative estimate of drug-likeness (QED) is 0.541. The first-order valence-corrected chi connectivity index (χ1v) is 11.1. The van der Waals surface area contributed by atoms with Crippen LogP contribution >= 0.6 is 11.3 Å². The van der Waals surface area contributed by atoms with E-state index in [1.165, 1.54) is 28.2 Å². The average Bonchev–Trinajstić information content (AvgIpc) is 3.28. The predicted molar refractivity (Wildman–Crippen MR) is 121 cm³/mol. The largest absolute Gasteiger partial charge is 0.492 e. The summed E-state index contributed by atoms with van der Waals surface area (Å²) < 4.78 is 1.57. The first kappa shape index (κ1) is 19.1. The molecule has 3 heterocycles. The Morgan fingerprint density at radius 1 is 0.933 bits per heavy atom. The van der Waals surface area contributed by atoms with Crippen molar-refractivity contribution in [3.8, 4) is 5.88 Å². The van der Waals surface area contributed by atoms with Gasteiger partial charge in [0.1, 0.15) is 5.82 Å². The van der Waals surface area contributed by atoms with Crippen LogP contribution in [-0.4, -0.2) is 50.8 Å². The molecule has 0 spiro atoms. The lowest BCUT2D eigenvalue weighted by Gasteiger charge is -2.40. The Kier molecular flexibility index (Phi) is 4.92. The molecule has 2 aromatic heterocycles. The van der Waals surface area contributed by atoms with Crippen molar-refractivity contribution in [3.05, 3.63) is 76.4 Å². The fourth-order valence-electron chi connectivity index (χ4n) is 4.30. The average molecular weight is 420 g/mol. The van der Waals surface area contributed by atoms with Crippen LogP contribution in [-0.2, 0) is 0 Å². The van der Waals surface area contributed by atoms with Crippen LogP contribution in [0.4, 0.5) is 5.69 Å². The number of anilines is 1. The summed E-state index contributed by atoms with van der Waals surface area (Å²) in [5.74, 6) is 0.876. The summed E-state index contributed by atoms with van der Waals surface area (Å²) >= 11 is 1.53. The summed E-state index contributed by atoms with van der Waals surface area (Å²) in [4.78, 5) is 11.0. The first-order chi connectivity index (χ1) is 14.6. The lowest BCUT2D eigenvalue weighted by molar-refractivity contribution is 0.210. The van der Waals surface area contributed by atoms with Gasteiger partial charge in [0.2, 0.25) is 10.8 Å². The number of rotatable bonds is 4. The number of aryl methyl sites for hydroxylation is 2. The molecule has 1 N–H and O–H groups in total. The Morgan fingerprint density at radius 2 is 1.63 bits per heavy atom. The Balaban J connectivity index is 1.50. The van der Waals surface area contributed by atoms with E-state index in [2.05, 4.69) is 81.4 Å². The number of piperazine rings is 1. The van der Waals surface area contributed by atoms with E-state index in [9.17, 15) is 5.11 Å².